The fourth-order valence-electron chi connectivity index (χ4n) is 6.29. The molecule has 5 heteroatoms. The molecule has 0 heterocycles. The van der Waals surface area contributed by atoms with Gasteiger partial charge in [-0.1, -0.05) is 185 Å². The number of unbranched alkanes of at least 4 members (excludes halogenated alkanes) is 26. The molecule has 0 aliphatic rings. The van der Waals surface area contributed by atoms with E-state index in [0.29, 0.717) is 12.8 Å². The number of hydrogen-bond donors (Lipinski definition) is 1. The molecule has 1 N–H and O–H groups in total. The molecule has 0 amide bonds. The van der Waals surface area contributed by atoms with Crippen LogP contribution in [0.25, 0.3) is 0 Å². The van der Waals surface area contributed by atoms with Gasteiger partial charge in [0.15, 0.2) is 6.10 Å². The Balaban J connectivity index is 3.45. The number of aliphatic hydroxyl groups is 1. The van der Waals surface area contributed by atoms with Crippen molar-refractivity contribution < 1.29 is 24.2 Å². The number of aliphatic hydroxyl groups excluding tert-OH is 1. The van der Waals surface area contributed by atoms with E-state index < -0.39 is 6.10 Å². The highest BCUT2D eigenvalue weighted by Crippen LogP contribution is 2.15. The highest BCUT2D eigenvalue weighted by molar-refractivity contribution is 5.70. The van der Waals surface area contributed by atoms with Crippen molar-refractivity contribution in [2.75, 3.05) is 13.2 Å². The number of carbonyl (C=O) groups excluding carboxylic acids is 2. The molecule has 5 nitrogen and oxygen atoms in total. The van der Waals surface area contributed by atoms with Crippen LogP contribution in [0.15, 0.2) is 36.5 Å². The van der Waals surface area contributed by atoms with Gasteiger partial charge in [0, 0.05) is 12.8 Å². The number of rotatable bonds is 40. The van der Waals surface area contributed by atoms with Crippen LogP contribution in [0.3, 0.4) is 0 Å². The molecule has 1 unspecified atom stereocenters. The normalized spacial score (nSPS) is 12.5. The zero-order valence-corrected chi connectivity index (χ0v) is 33.9. The first-order valence-electron chi connectivity index (χ1n) is 22.0. The molecule has 0 spiro atoms. The minimum atomic E-state index is -0.771. The summed E-state index contributed by atoms with van der Waals surface area (Å²) in [4.78, 5) is 24.2. The molecule has 0 aromatic heterocycles. The molecule has 0 aromatic carbocycles. The Morgan fingerprint density at radius 3 is 1.25 bits per heavy atom. The van der Waals surface area contributed by atoms with E-state index in [-0.39, 0.29) is 25.2 Å². The molecule has 0 aliphatic carbocycles. The van der Waals surface area contributed by atoms with Gasteiger partial charge in [0.2, 0.25) is 0 Å². The lowest BCUT2D eigenvalue weighted by Crippen LogP contribution is -2.28. The fraction of sp³-hybridized carbons (Fsp3) is 0.826. The van der Waals surface area contributed by atoms with Crippen molar-refractivity contribution in [1.82, 2.24) is 0 Å². The average Bonchev–Trinajstić information content (AvgIpc) is 3.13. The molecule has 1 atom stereocenters. The summed E-state index contributed by atoms with van der Waals surface area (Å²) in [6.45, 7) is 4.06. The van der Waals surface area contributed by atoms with Gasteiger partial charge in [-0.2, -0.15) is 0 Å². The monoisotopic (exact) mass is 717 g/mol. The van der Waals surface area contributed by atoms with Crippen molar-refractivity contribution >= 4 is 11.9 Å². The summed E-state index contributed by atoms with van der Waals surface area (Å²) in [5, 5.41) is 9.55. The topological polar surface area (TPSA) is 72.8 Å². The van der Waals surface area contributed by atoms with E-state index in [4.69, 9.17) is 9.47 Å². The van der Waals surface area contributed by atoms with Crippen LogP contribution in [0, 0.1) is 0 Å². The van der Waals surface area contributed by atoms with Crippen LogP contribution in [0.5, 0.6) is 0 Å². The van der Waals surface area contributed by atoms with Gasteiger partial charge in [-0.15, -0.1) is 0 Å². The Morgan fingerprint density at radius 2 is 0.824 bits per heavy atom. The minimum Gasteiger partial charge on any atom is -0.462 e. The molecule has 0 aliphatic heterocycles. The lowest BCUT2D eigenvalue weighted by atomic mass is 10.0. The SMILES string of the molecule is CCC/C=C\CCCCCCCC(=O)OCC(CO)OC(=O)CCCCCCCCCCCCCCCCC/C=C\C/C=C\CCCCCCC. The van der Waals surface area contributed by atoms with Crippen LogP contribution in [0.4, 0.5) is 0 Å². The number of carbonyl (C=O) groups is 2. The van der Waals surface area contributed by atoms with Gasteiger partial charge in [-0.05, 0) is 64.2 Å². The van der Waals surface area contributed by atoms with E-state index in [2.05, 4.69) is 50.3 Å². The molecule has 0 aromatic rings. The van der Waals surface area contributed by atoms with Gasteiger partial charge in [0.05, 0.1) is 6.61 Å². The van der Waals surface area contributed by atoms with E-state index in [1.807, 2.05) is 0 Å². The largest absolute Gasteiger partial charge is 0.462 e. The third-order valence-electron chi connectivity index (χ3n) is 9.64. The summed E-state index contributed by atoms with van der Waals surface area (Å²) < 4.78 is 10.6. The van der Waals surface area contributed by atoms with Crippen LogP contribution in [0.1, 0.15) is 226 Å². The Morgan fingerprint density at radius 1 is 0.451 bits per heavy atom. The summed E-state index contributed by atoms with van der Waals surface area (Å²) in [7, 11) is 0. The van der Waals surface area contributed by atoms with E-state index >= 15 is 0 Å². The van der Waals surface area contributed by atoms with E-state index in [1.54, 1.807) is 0 Å². The second-order valence-corrected chi connectivity index (χ2v) is 14.8. The van der Waals surface area contributed by atoms with Crippen LogP contribution < -0.4 is 0 Å². The highest BCUT2D eigenvalue weighted by Gasteiger charge is 2.16. The summed E-state index contributed by atoms with van der Waals surface area (Å²) in [5.74, 6) is -0.599. The number of hydrogen-bond acceptors (Lipinski definition) is 5. The van der Waals surface area contributed by atoms with Crippen molar-refractivity contribution in [3.05, 3.63) is 36.5 Å². The predicted octanol–water partition coefficient (Wildman–Crippen LogP) is 14.0. The first-order valence-corrected chi connectivity index (χ1v) is 22.0. The third kappa shape index (κ3) is 40.7. The van der Waals surface area contributed by atoms with Crippen LogP contribution in [-0.2, 0) is 19.1 Å². The summed E-state index contributed by atoms with van der Waals surface area (Å²) in [6, 6.07) is 0. The van der Waals surface area contributed by atoms with Gasteiger partial charge in [-0.3, -0.25) is 9.59 Å². The van der Waals surface area contributed by atoms with Gasteiger partial charge in [0.25, 0.3) is 0 Å². The van der Waals surface area contributed by atoms with Crippen LogP contribution in [0.2, 0.25) is 0 Å². The first-order chi connectivity index (χ1) is 25.1. The first kappa shape index (κ1) is 49.1. The maximum atomic E-state index is 12.2. The van der Waals surface area contributed by atoms with Crippen molar-refractivity contribution in [2.24, 2.45) is 0 Å². The molecular formula is C46H84O5. The van der Waals surface area contributed by atoms with E-state index in [1.165, 1.54) is 141 Å². The minimum absolute atomic E-state index is 0.0683. The molecular weight excluding hydrogens is 633 g/mol. The molecule has 0 radical (unpaired) electrons. The molecule has 298 valence electrons. The summed E-state index contributed by atoms with van der Waals surface area (Å²) in [5.41, 5.74) is 0. The Kier molecular flexibility index (Phi) is 41.0. The van der Waals surface area contributed by atoms with Gasteiger partial charge in [-0.25, -0.2) is 0 Å². The second-order valence-electron chi connectivity index (χ2n) is 14.8. The highest BCUT2D eigenvalue weighted by atomic mass is 16.6. The molecule has 0 bridgehead atoms. The summed E-state index contributed by atoms with van der Waals surface area (Å²) in [6.07, 6.45) is 52.3. The van der Waals surface area contributed by atoms with Crippen LogP contribution in [-0.4, -0.2) is 36.4 Å². The molecule has 0 fully saturated rings. The fourth-order valence-corrected chi connectivity index (χ4v) is 6.29. The zero-order chi connectivity index (χ0) is 37.1. The number of allylic oxidation sites excluding steroid dienone is 6. The van der Waals surface area contributed by atoms with Gasteiger partial charge >= 0.3 is 11.9 Å². The second kappa shape index (κ2) is 42.5. The summed E-state index contributed by atoms with van der Waals surface area (Å²) >= 11 is 0. The van der Waals surface area contributed by atoms with Crippen molar-refractivity contribution in [1.29, 1.82) is 0 Å². The van der Waals surface area contributed by atoms with Crippen molar-refractivity contribution in [3.8, 4) is 0 Å². The van der Waals surface area contributed by atoms with Crippen LogP contribution >= 0.6 is 0 Å². The molecule has 0 saturated heterocycles. The molecule has 51 heavy (non-hydrogen) atoms. The zero-order valence-electron chi connectivity index (χ0n) is 33.9. The van der Waals surface area contributed by atoms with Crippen molar-refractivity contribution in [2.45, 2.75) is 232 Å². The van der Waals surface area contributed by atoms with Gasteiger partial charge in [0.1, 0.15) is 6.61 Å². The van der Waals surface area contributed by atoms with E-state index in [0.717, 1.165) is 57.8 Å². The smallest absolute Gasteiger partial charge is 0.306 e. The molecule has 0 saturated carbocycles. The predicted molar refractivity (Wildman–Crippen MR) is 219 cm³/mol. The quantitative estimate of drug-likeness (QED) is 0.0388. The number of ether oxygens (including phenoxy) is 2. The lowest BCUT2D eigenvalue weighted by Gasteiger charge is -2.15. The van der Waals surface area contributed by atoms with E-state index in [9.17, 15) is 14.7 Å². The Bertz CT molecular complexity index is 816. The standard InChI is InChI=1S/C46H84O5/c1-3-5-7-9-11-13-15-16-17-18-19-20-21-22-23-24-25-26-27-28-29-30-31-33-35-37-39-41-46(49)51-44(42-47)43-50-45(48)40-38-36-34-32-14-12-10-8-6-4-2/h8,10,15-16,18-19,44,47H,3-7,9,11-14,17,20-43H2,1-2H3/b10-8-,16-15-,19-18-. The maximum Gasteiger partial charge on any atom is 0.306 e. The number of esters is 2. The van der Waals surface area contributed by atoms with Gasteiger partial charge < -0.3 is 14.6 Å². The molecule has 0 rings (SSSR count). The van der Waals surface area contributed by atoms with Crippen molar-refractivity contribution in [3.63, 3.8) is 0 Å². The third-order valence-corrected chi connectivity index (χ3v) is 9.64. The Labute approximate surface area is 316 Å². The average molecular weight is 717 g/mol. The lowest BCUT2D eigenvalue weighted by molar-refractivity contribution is -0.161. The Hall–Kier alpha value is -1.88. The maximum absolute atomic E-state index is 12.2.